The molecule has 0 aliphatic heterocycles. The number of carboxylic acid groups (broad SMARTS) is 1. The third-order valence-corrected chi connectivity index (χ3v) is 2.69. The number of ether oxygens (including phenoxy) is 1. The van der Waals surface area contributed by atoms with Crippen molar-refractivity contribution in [3.8, 4) is 5.75 Å². The highest BCUT2D eigenvalue weighted by Gasteiger charge is 2.09. The zero-order chi connectivity index (χ0) is 14.5. The molecule has 0 saturated heterocycles. The Balaban J connectivity index is 2.49. The Morgan fingerprint density at radius 1 is 1.25 bits per heavy atom. The topological polar surface area (TPSA) is 46.5 Å². The van der Waals surface area contributed by atoms with Gasteiger partial charge >= 0.3 is 5.97 Å². The fourth-order valence-corrected chi connectivity index (χ4v) is 1.88. The van der Waals surface area contributed by atoms with E-state index in [1.807, 2.05) is 12.1 Å². The van der Waals surface area contributed by atoms with Gasteiger partial charge in [-0.15, -0.1) is 0 Å². The lowest BCUT2D eigenvalue weighted by molar-refractivity contribution is -0.131. The molecular formula is C15H12F2O3. The summed E-state index contributed by atoms with van der Waals surface area (Å²) in [7, 11) is 0. The summed E-state index contributed by atoms with van der Waals surface area (Å²) in [5.74, 6) is -0.876. The van der Waals surface area contributed by atoms with E-state index < -0.39 is 19.0 Å². The van der Waals surface area contributed by atoms with Crippen LogP contribution in [-0.2, 0) is 4.79 Å². The first-order valence-corrected chi connectivity index (χ1v) is 5.91. The van der Waals surface area contributed by atoms with Gasteiger partial charge in [-0.2, -0.15) is 0 Å². The summed E-state index contributed by atoms with van der Waals surface area (Å²) in [5.41, 5.74) is 0.478. The summed E-state index contributed by atoms with van der Waals surface area (Å²) in [4.78, 5) is 10.6. The van der Waals surface area contributed by atoms with Crippen molar-refractivity contribution in [2.24, 2.45) is 0 Å². The Labute approximate surface area is 114 Å². The Hall–Kier alpha value is -2.43. The van der Waals surface area contributed by atoms with Crippen molar-refractivity contribution in [2.45, 2.75) is 6.43 Å². The van der Waals surface area contributed by atoms with Crippen LogP contribution in [0.5, 0.6) is 5.75 Å². The van der Waals surface area contributed by atoms with E-state index in [1.54, 1.807) is 24.3 Å². The summed E-state index contributed by atoms with van der Waals surface area (Å²) in [6, 6.07) is 10.6. The first kappa shape index (κ1) is 14.0. The van der Waals surface area contributed by atoms with Crippen molar-refractivity contribution in [1.29, 1.82) is 0 Å². The molecule has 0 aliphatic carbocycles. The van der Waals surface area contributed by atoms with Gasteiger partial charge in [-0.1, -0.05) is 30.3 Å². The maximum absolute atomic E-state index is 12.2. The maximum atomic E-state index is 12.2. The molecule has 0 fully saturated rings. The van der Waals surface area contributed by atoms with Gasteiger partial charge in [-0.05, 0) is 22.9 Å². The van der Waals surface area contributed by atoms with Crippen molar-refractivity contribution in [1.82, 2.24) is 0 Å². The van der Waals surface area contributed by atoms with E-state index in [0.717, 1.165) is 16.8 Å². The molecule has 2 aromatic carbocycles. The Bertz CT molecular complexity index is 651. The highest BCUT2D eigenvalue weighted by Crippen LogP contribution is 2.29. The highest BCUT2D eigenvalue weighted by molar-refractivity contribution is 5.96. The molecule has 0 unspecified atom stereocenters. The predicted molar refractivity (Wildman–Crippen MR) is 72.1 cm³/mol. The van der Waals surface area contributed by atoms with Crippen molar-refractivity contribution < 1.29 is 23.4 Å². The second-order valence-electron chi connectivity index (χ2n) is 4.07. The largest absolute Gasteiger partial charge is 0.487 e. The number of hydrogen-bond donors (Lipinski definition) is 1. The molecule has 0 radical (unpaired) electrons. The minimum Gasteiger partial charge on any atom is -0.487 e. The van der Waals surface area contributed by atoms with E-state index >= 15 is 0 Å². The van der Waals surface area contributed by atoms with E-state index in [4.69, 9.17) is 9.84 Å². The number of carbonyl (C=O) groups is 1. The van der Waals surface area contributed by atoms with Crippen molar-refractivity contribution in [2.75, 3.05) is 6.61 Å². The molecular weight excluding hydrogens is 266 g/mol. The third-order valence-electron chi connectivity index (χ3n) is 2.69. The molecule has 2 rings (SSSR count). The fourth-order valence-electron chi connectivity index (χ4n) is 1.88. The zero-order valence-electron chi connectivity index (χ0n) is 10.4. The van der Waals surface area contributed by atoms with Crippen LogP contribution in [0.3, 0.4) is 0 Å². The van der Waals surface area contributed by atoms with Crippen LogP contribution in [0.4, 0.5) is 8.78 Å². The molecule has 0 bridgehead atoms. The maximum Gasteiger partial charge on any atom is 0.328 e. The van der Waals surface area contributed by atoms with Crippen LogP contribution in [0.1, 0.15) is 5.56 Å². The van der Waals surface area contributed by atoms with Crippen LogP contribution in [-0.4, -0.2) is 24.1 Å². The molecule has 20 heavy (non-hydrogen) atoms. The molecule has 3 nitrogen and oxygen atoms in total. The lowest BCUT2D eigenvalue weighted by atomic mass is 10.0. The van der Waals surface area contributed by atoms with E-state index in [2.05, 4.69) is 0 Å². The number of carboxylic acids is 1. The van der Waals surface area contributed by atoms with E-state index in [0.29, 0.717) is 5.56 Å². The van der Waals surface area contributed by atoms with E-state index in [9.17, 15) is 13.6 Å². The quantitative estimate of drug-likeness (QED) is 0.850. The van der Waals surface area contributed by atoms with Gasteiger partial charge in [0.05, 0.1) is 0 Å². The molecule has 1 N–H and O–H groups in total. The van der Waals surface area contributed by atoms with Crippen LogP contribution in [0.25, 0.3) is 16.8 Å². The zero-order valence-corrected chi connectivity index (χ0v) is 10.4. The van der Waals surface area contributed by atoms with Gasteiger partial charge in [0.2, 0.25) is 0 Å². The monoisotopic (exact) mass is 278 g/mol. The summed E-state index contributed by atoms with van der Waals surface area (Å²) in [6.07, 6.45) is -0.277. The average Bonchev–Trinajstić information content (AvgIpc) is 2.42. The normalized spacial score (nSPS) is 11.3. The van der Waals surface area contributed by atoms with Crippen molar-refractivity contribution in [3.63, 3.8) is 0 Å². The fraction of sp³-hybridized carbons (Fsp3) is 0.133. The van der Waals surface area contributed by atoms with Crippen LogP contribution in [0, 0.1) is 0 Å². The van der Waals surface area contributed by atoms with Crippen LogP contribution < -0.4 is 4.74 Å². The molecule has 5 heteroatoms. The highest BCUT2D eigenvalue weighted by atomic mass is 19.3. The first-order chi connectivity index (χ1) is 9.58. The average molecular weight is 278 g/mol. The van der Waals surface area contributed by atoms with Gasteiger partial charge in [0.25, 0.3) is 6.43 Å². The number of aliphatic carboxylic acids is 1. The van der Waals surface area contributed by atoms with Gasteiger partial charge in [-0.25, -0.2) is 13.6 Å². The van der Waals surface area contributed by atoms with E-state index in [-0.39, 0.29) is 5.75 Å². The van der Waals surface area contributed by atoms with Crippen molar-refractivity contribution >= 4 is 22.8 Å². The van der Waals surface area contributed by atoms with Crippen molar-refractivity contribution in [3.05, 3.63) is 48.0 Å². The Morgan fingerprint density at radius 2 is 2.00 bits per heavy atom. The minimum absolute atomic E-state index is 0.238. The number of hydrogen-bond acceptors (Lipinski definition) is 2. The van der Waals surface area contributed by atoms with Crippen LogP contribution in [0.2, 0.25) is 0 Å². The molecule has 0 amide bonds. The number of fused-ring (bicyclic) bond motifs is 1. The third kappa shape index (κ3) is 3.32. The summed E-state index contributed by atoms with van der Waals surface area (Å²) in [5, 5.41) is 10.3. The number of rotatable bonds is 5. The lowest BCUT2D eigenvalue weighted by Crippen LogP contribution is -2.07. The van der Waals surface area contributed by atoms with Crippen LogP contribution >= 0.6 is 0 Å². The van der Waals surface area contributed by atoms with Crippen LogP contribution in [0.15, 0.2) is 42.5 Å². The lowest BCUT2D eigenvalue weighted by Gasteiger charge is -2.11. The molecule has 0 aliphatic rings. The molecule has 0 heterocycles. The van der Waals surface area contributed by atoms with Gasteiger partial charge in [0.15, 0.2) is 0 Å². The molecule has 0 atom stereocenters. The van der Waals surface area contributed by atoms with Gasteiger partial charge in [-0.3, -0.25) is 0 Å². The SMILES string of the molecule is O=C(O)/C=C/c1c(OCC(F)F)ccc2ccccc12. The molecule has 0 spiro atoms. The summed E-state index contributed by atoms with van der Waals surface area (Å²) >= 11 is 0. The van der Waals surface area contributed by atoms with Gasteiger partial charge < -0.3 is 9.84 Å². The van der Waals surface area contributed by atoms with E-state index in [1.165, 1.54) is 6.08 Å². The molecule has 0 saturated carbocycles. The Kier molecular flexibility index (Phi) is 4.30. The number of alkyl halides is 2. The second-order valence-corrected chi connectivity index (χ2v) is 4.07. The summed E-state index contributed by atoms with van der Waals surface area (Å²) in [6.45, 7) is -0.730. The smallest absolute Gasteiger partial charge is 0.328 e. The second kappa shape index (κ2) is 6.14. The molecule has 104 valence electrons. The number of benzene rings is 2. The standard InChI is InChI=1S/C15H12F2O3/c16-14(17)9-20-13-7-5-10-3-1-2-4-11(10)12(13)6-8-15(18)19/h1-8,14H,9H2,(H,18,19)/b8-6+. The Morgan fingerprint density at radius 3 is 2.70 bits per heavy atom. The predicted octanol–water partition coefficient (Wildman–Crippen LogP) is 3.58. The summed E-state index contributed by atoms with van der Waals surface area (Å²) < 4.78 is 29.5. The van der Waals surface area contributed by atoms with Gasteiger partial charge in [0.1, 0.15) is 12.4 Å². The minimum atomic E-state index is -2.59. The first-order valence-electron chi connectivity index (χ1n) is 5.91. The molecule has 0 aromatic heterocycles. The number of halogens is 2. The van der Waals surface area contributed by atoms with Gasteiger partial charge in [0, 0.05) is 11.6 Å². The molecule has 2 aromatic rings.